The minimum Gasteiger partial charge on any atom is -0.493 e. The second-order valence-electron chi connectivity index (χ2n) is 4.28. The van der Waals surface area contributed by atoms with E-state index in [1.54, 1.807) is 18.4 Å². The van der Waals surface area contributed by atoms with Crippen LogP contribution >= 0.6 is 11.3 Å². The lowest BCUT2D eigenvalue weighted by atomic mass is 10.1. The summed E-state index contributed by atoms with van der Waals surface area (Å²) in [4.78, 5) is 1.14. The molecule has 0 fully saturated rings. The van der Waals surface area contributed by atoms with Gasteiger partial charge in [0.2, 0.25) is 0 Å². The van der Waals surface area contributed by atoms with Gasteiger partial charge in [-0.15, -0.1) is 11.3 Å². The third-order valence-electron chi connectivity index (χ3n) is 3.01. The highest BCUT2D eigenvalue weighted by molar-refractivity contribution is 7.10. The summed E-state index contributed by atoms with van der Waals surface area (Å²) < 4.78 is 11.4. The van der Waals surface area contributed by atoms with Crippen molar-refractivity contribution in [2.24, 2.45) is 5.73 Å². The fourth-order valence-electron chi connectivity index (χ4n) is 1.88. The Bertz CT molecular complexity index is 499. The molecule has 0 radical (unpaired) electrons. The topological polar surface area (TPSA) is 44.5 Å². The molecule has 1 aromatic heterocycles. The van der Waals surface area contributed by atoms with E-state index < -0.39 is 0 Å². The Balaban J connectivity index is 2.25. The Hall–Kier alpha value is -1.52. The molecule has 2 rings (SSSR count). The predicted octanol–water partition coefficient (Wildman–Crippen LogP) is 3.61. The van der Waals surface area contributed by atoms with Crippen molar-refractivity contribution in [3.8, 4) is 11.5 Å². The number of benzene rings is 1. The van der Waals surface area contributed by atoms with Crippen LogP contribution in [0.4, 0.5) is 0 Å². The first kappa shape index (κ1) is 13.9. The second kappa shape index (κ2) is 6.59. The number of rotatable bonds is 6. The molecule has 2 N–H and O–H groups in total. The zero-order valence-electron chi connectivity index (χ0n) is 11.2. The Morgan fingerprint density at radius 1 is 1.16 bits per heavy atom. The van der Waals surface area contributed by atoms with Gasteiger partial charge in [0, 0.05) is 10.9 Å². The lowest BCUT2D eigenvalue weighted by Crippen LogP contribution is -2.31. The molecule has 4 heteroatoms. The van der Waals surface area contributed by atoms with Gasteiger partial charge in [0.15, 0.2) is 11.5 Å². The van der Waals surface area contributed by atoms with Crippen molar-refractivity contribution in [2.45, 2.75) is 25.5 Å². The standard InChI is InChI=1S/C15H19NO2S/c1-3-11(16)15(14-9-6-10-19-14)18-13-8-5-4-7-12(13)17-2/h4-11,15H,3,16H2,1-2H3. The summed E-state index contributed by atoms with van der Waals surface area (Å²) in [6.45, 7) is 2.07. The van der Waals surface area contributed by atoms with Gasteiger partial charge in [0.1, 0.15) is 6.10 Å². The van der Waals surface area contributed by atoms with Crippen LogP contribution < -0.4 is 15.2 Å². The number of methoxy groups -OCH3 is 1. The Kier molecular flexibility index (Phi) is 4.82. The largest absolute Gasteiger partial charge is 0.493 e. The third-order valence-corrected chi connectivity index (χ3v) is 3.94. The van der Waals surface area contributed by atoms with Crippen LogP contribution in [0.15, 0.2) is 41.8 Å². The maximum absolute atomic E-state index is 6.19. The molecule has 2 atom stereocenters. The van der Waals surface area contributed by atoms with E-state index in [4.69, 9.17) is 15.2 Å². The van der Waals surface area contributed by atoms with Crippen molar-refractivity contribution < 1.29 is 9.47 Å². The van der Waals surface area contributed by atoms with Crippen molar-refractivity contribution in [3.63, 3.8) is 0 Å². The van der Waals surface area contributed by atoms with Crippen molar-refractivity contribution >= 4 is 11.3 Å². The normalized spacial score (nSPS) is 13.8. The quantitative estimate of drug-likeness (QED) is 0.877. The molecule has 0 spiro atoms. The van der Waals surface area contributed by atoms with E-state index in [1.165, 1.54) is 0 Å². The Morgan fingerprint density at radius 3 is 2.47 bits per heavy atom. The van der Waals surface area contributed by atoms with Crippen LogP contribution in [0.2, 0.25) is 0 Å². The predicted molar refractivity (Wildman–Crippen MR) is 78.9 cm³/mol. The van der Waals surface area contributed by atoms with Gasteiger partial charge >= 0.3 is 0 Å². The maximum Gasteiger partial charge on any atom is 0.162 e. The molecule has 0 amide bonds. The first-order valence-electron chi connectivity index (χ1n) is 6.35. The van der Waals surface area contributed by atoms with Gasteiger partial charge in [-0.25, -0.2) is 0 Å². The average Bonchev–Trinajstić information content (AvgIpc) is 2.98. The molecule has 0 saturated carbocycles. The highest BCUT2D eigenvalue weighted by Crippen LogP contribution is 2.33. The van der Waals surface area contributed by atoms with E-state index in [0.717, 1.165) is 22.8 Å². The molecular formula is C15H19NO2S. The SMILES string of the molecule is CCC(N)C(Oc1ccccc1OC)c1cccs1. The Labute approximate surface area is 118 Å². The molecule has 0 aliphatic heterocycles. The van der Waals surface area contributed by atoms with Crippen LogP contribution in [-0.2, 0) is 0 Å². The second-order valence-corrected chi connectivity index (χ2v) is 5.26. The van der Waals surface area contributed by atoms with Crippen molar-refractivity contribution in [1.29, 1.82) is 0 Å². The van der Waals surface area contributed by atoms with E-state index in [9.17, 15) is 0 Å². The van der Waals surface area contributed by atoms with Crippen molar-refractivity contribution in [2.75, 3.05) is 7.11 Å². The van der Waals surface area contributed by atoms with Gasteiger partial charge in [-0.2, -0.15) is 0 Å². The molecule has 19 heavy (non-hydrogen) atoms. The van der Waals surface area contributed by atoms with Crippen molar-refractivity contribution in [3.05, 3.63) is 46.7 Å². The van der Waals surface area contributed by atoms with E-state index in [2.05, 4.69) is 13.0 Å². The average molecular weight is 277 g/mol. The van der Waals surface area contributed by atoms with E-state index >= 15 is 0 Å². The highest BCUT2D eigenvalue weighted by atomic mass is 32.1. The Morgan fingerprint density at radius 2 is 1.89 bits per heavy atom. The lowest BCUT2D eigenvalue weighted by Gasteiger charge is -2.24. The lowest BCUT2D eigenvalue weighted by molar-refractivity contribution is 0.168. The number of para-hydroxylation sites is 2. The first-order valence-corrected chi connectivity index (χ1v) is 7.23. The van der Waals surface area contributed by atoms with E-state index in [1.807, 2.05) is 35.7 Å². The van der Waals surface area contributed by atoms with Gasteiger partial charge in [0.05, 0.1) is 7.11 Å². The zero-order valence-corrected chi connectivity index (χ0v) is 12.0. The summed E-state index contributed by atoms with van der Waals surface area (Å²) in [5, 5.41) is 2.04. The van der Waals surface area contributed by atoms with Crippen molar-refractivity contribution in [1.82, 2.24) is 0 Å². The number of nitrogens with two attached hydrogens (primary N) is 1. The molecule has 1 aromatic carbocycles. The minimum atomic E-state index is -0.138. The molecule has 102 valence electrons. The molecule has 2 aromatic rings. The zero-order chi connectivity index (χ0) is 13.7. The van der Waals surface area contributed by atoms with Crippen LogP contribution in [0, 0.1) is 0 Å². The van der Waals surface area contributed by atoms with Gasteiger partial charge in [0.25, 0.3) is 0 Å². The molecule has 2 unspecified atom stereocenters. The molecule has 0 bridgehead atoms. The summed E-state index contributed by atoms with van der Waals surface area (Å²) in [7, 11) is 1.64. The summed E-state index contributed by atoms with van der Waals surface area (Å²) in [5.41, 5.74) is 6.19. The number of hydrogen-bond acceptors (Lipinski definition) is 4. The molecule has 0 aliphatic rings. The molecular weight excluding hydrogens is 258 g/mol. The highest BCUT2D eigenvalue weighted by Gasteiger charge is 2.22. The third kappa shape index (κ3) is 3.28. The number of hydrogen-bond donors (Lipinski definition) is 1. The fourth-order valence-corrected chi connectivity index (χ4v) is 2.71. The number of thiophene rings is 1. The smallest absolute Gasteiger partial charge is 0.162 e. The molecule has 0 aliphatic carbocycles. The molecule has 3 nitrogen and oxygen atoms in total. The van der Waals surface area contributed by atoms with Gasteiger partial charge in [-0.3, -0.25) is 0 Å². The summed E-state index contributed by atoms with van der Waals surface area (Å²) in [6, 6.07) is 11.7. The fraction of sp³-hybridized carbons (Fsp3) is 0.333. The maximum atomic E-state index is 6.19. The summed E-state index contributed by atoms with van der Waals surface area (Å²) in [5.74, 6) is 1.46. The van der Waals surface area contributed by atoms with E-state index in [-0.39, 0.29) is 12.1 Å². The molecule has 0 saturated heterocycles. The van der Waals surface area contributed by atoms with Gasteiger partial charge in [-0.1, -0.05) is 25.1 Å². The molecule has 1 heterocycles. The van der Waals surface area contributed by atoms with Crippen LogP contribution in [0.3, 0.4) is 0 Å². The van der Waals surface area contributed by atoms with Crippen LogP contribution in [0.25, 0.3) is 0 Å². The van der Waals surface area contributed by atoms with Crippen LogP contribution in [0.5, 0.6) is 11.5 Å². The monoisotopic (exact) mass is 277 g/mol. The van der Waals surface area contributed by atoms with Crippen LogP contribution in [0.1, 0.15) is 24.3 Å². The van der Waals surface area contributed by atoms with Gasteiger partial charge < -0.3 is 15.2 Å². The van der Waals surface area contributed by atoms with Crippen LogP contribution in [-0.4, -0.2) is 13.2 Å². The van der Waals surface area contributed by atoms with E-state index in [0.29, 0.717) is 0 Å². The summed E-state index contributed by atoms with van der Waals surface area (Å²) >= 11 is 1.66. The first-order chi connectivity index (χ1) is 9.26. The summed E-state index contributed by atoms with van der Waals surface area (Å²) in [6.07, 6.45) is 0.721. The van der Waals surface area contributed by atoms with Gasteiger partial charge in [-0.05, 0) is 30.0 Å². The minimum absolute atomic E-state index is 0.0384. The number of ether oxygens (including phenoxy) is 2.